The van der Waals surface area contributed by atoms with Gasteiger partial charge in [-0.15, -0.1) is 11.3 Å². The monoisotopic (exact) mass is 260 g/mol. The predicted molar refractivity (Wildman–Crippen MR) is 74.1 cm³/mol. The quantitative estimate of drug-likeness (QED) is 0.917. The number of thiophene rings is 1. The number of nitrogens with one attached hydrogen (secondary N) is 1. The van der Waals surface area contributed by atoms with Gasteiger partial charge in [-0.1, -0.05) is 6.07 Å². The summed E-state index contributed by atoms with van der Waals surface area (Å²) >= 11 is 1.69. The van der Waals surface area contributed by atoms with Crippen molar-refractivity contribution in [2.45, 2.75) is 18.9 Å². The van der Waals surface area contributed by atoms with E-state index >= 15 is 0 Å². The van der Waals surface area contributed by atoms with Gasteiger partial charge < -0.3 is 10.1 Å². The number of rotatable bonds is 4. The number of ether oxygens (including phenoxy) is 1. The fourth-order valence-corrected chi connectivity index (χ4v) is 2.92. The minimum absolute atomic E-state index is 0.487. The third-order valence-electron chi connectivity index (χ3n) is 3.13. The maximum Gasteiger partial charge on any atom is 0.146 e. The normalized spacial score (nSPS) is 19.0. The van der Waals surface area contributed by atoms with Crippen LogP contribution in [0.15, 0.2) is 35.8 Å². The van der Waals surface area contributed by atoms with Crippen LogP contribution in [0.3, 0.4) is 0 Å². The summed E-state index contributed by atoms with van der Waals surface area (Å²) in [5.74, 6) is 0.883. The van der Waals surface area contributed by atoms with Gasteiger partial charge in [0.15, 0.2) is 0 Å². The number of pyridine rings is 1. The SMILES string of the molecule is c1csc(-c2ncccc2OCC2CCCN2)c1. The van der Waals surface area contributed by atoms with E-state index in [4.69, 9.17) is 4.74 Å². The summed E-state index contributed by atoms with van der Waals surface area (Å²) in [7, 11) is 0. The standard InChI is InChI=1S/C14H16N2OS/c1-4-11(15-7-1)10-17-12-5-2-8-16-14(12)13-6-3-9-18-13/h2-3,5-6,8-9,11,15H,1,4,7,10H2. The summed E-state index contributed by atoms with van der Waals surface area (Å²) in [6.07, 6.45) is 4.27. The number of aromatic nitrogens is 1. The lowest BCUT2D eigenvalue weighted by molar-refractivity contribution is 0.277. The third kappa shape index (κ3) is 2.54. The Morgan fingerprint density at radius 1 is 1.39 bits per heavy atom. The van der Waals surface area contributed by atoms with E-state index in [0.29, 0.717) is 6.04 Å². The van der Waals surface area contributed by atoms with Crippen LogP contribution in [0.1, 0.15) is 12.8 Å². The molecule has 1 saturated heterocycles. The molecular weight excluding hydrogens is 244 g/mol. The van der Waals surface area contributed by atoms with Crippen molar-refractivity contribution in [2.75, 3.05) is 13.2 Å². The Morgan fingerprint density at radius 2 is 2.39 bits per heavy atom. The molecule has 1 aliphatic heterocycles. The highest BCUT2D eigenvalue weighted by Crippen LogP contribution is 2.31. The van der Waals surface area contributed by atoms with E-state index in [-0.39, 0.29) is 0 Å². The van der Waals surface area contributed by atoms with Crippen molar-refractivity contribution in [3.63, 3.8) is 0 Å². The molecule has 1 N–H and O–H groups in total. The van der Waals surface area contributed by atoms with Crippen molar-refractivity contribution in [1.29, 1.82) is 0 Å². The molecule has 0 amide bonds. The van der Waals surface area contributed by atoms with E-state index in [9.17, 15) is 0 Å². The lowest BCUT2D eigenvalue weighted by Crippen LogP contribution is -2.28. The smallest absolute Gasteiger partial charge is 0.146 e. The second-order valence-electron chi connectivity index (χ2n) is 4.43. The van der Waals surface area contributed by atoms with Gasteiger partial charge in [0.1, 0.15) is 18.1 Å². The van der Waals surface area contributed by atoms with Crippen LogP contribution in [0.4, 0.5) is 0 Å². The average molecular weight is 260 g/mol. The first-order valence-electron chi connectivity index (χ1n) is 6.28. The molecule has 0 saturated carbocycles. The van der Waals surface area contributed by atoms with E-state index in [2.05, 4.69) is 21.7 Å². The molecule has 1 aliphatic rings. The second kappa shape index (κ2) is 5.50. The van der Waals surface area contributed by atoms with Crippen molar-refractivity contribution in [1.82, 2.24) is 10.3 Å². The van der Waals surface area contributed by atoms with Crippen molar-refractivity contribution in [3.05, 3.63) is 35.8 Å². The van der Waals surface area contributed by atoms with Gasteiger partial charge in [-0.3, -0.25) is 4.98 Å². The molecule has 18 heavy (non-hydrogen) atoms. The van der Waals surface area contributed by atoms with E-state index in [1.807, 2.05) is 24.4 Å². The molecule has 3 rings (SSSR count). The fraction of sp³-hybridized carbons (Fsp3) is 0.357. The summed E-state index contributed by atoms with van der Waals surface area (Å²) in [6.45, 7) is 1.84. The zero-order valence-corrected chi connectivity index (χ0v) is 11.0. The van der Waals surface area contributed by atoms with Gasteiger partial charge in [0.2, 0.25) is 0 Å². The van der Waals surface area contributed by atoms with Gasteiger partial charge in [0.25, 0.3) is 0 Å². The van der Waals surface area contributed by atoms with E-state index < -0.39 is 0 Å². The molecule has 0 bridgehead atoms. The molecular formula is C14H16N2OS. The van der Waals surface area contributed by atoms with Crippen LogP contribution in [0.2, 0.25) is 0 Å². The van der Waals surface area contributed by atoms with E-state index in [1.165, 1.54) is 12.8 Å². The second-order valence-corrected chi connectivity index (χ2v) is 5.38. The maximum atomic E-state index is 5.93. The third-order valence-corrected chi connectivity index (χ3v) is 4.00. The summed E-state index contributed by atoms with van der Waals surface area (Å²) in [4.78, 5) is 5.59. The summed E-state index contributed by atoms with van der Waals surface area (Å²) in [5, 5.41) is 5.50. The van der Waals surface area contributed by atoms with Crippen molar-refractivity contribution >= 4 is 11.3 Å². The highest BCUT2D eigenvalue weighted by molar-refractivity contribution is 7.13. The van der Waals surface area contributed by atoms with Crippen LogP contribution in [0, 0.1) is 0 Å². The number of hydrogen-bond acceptors (Lipinski definition) is 4. The van der Waals surface area contributed by atoms with Gasteiger partial charge in [0.05, 0.1) is 4.88 Å². The first-order chi connectivity index (χ1) is 8.93. The molecule has 4 heteroatoms. The zero-order chi connectivity index (χ0) is 12.2. The molecule has 0 aliphatic carbocycles. The molecule has 0 radical (unpaired) electrons. The summed E-state index contributed by atoms with van der Waals surface area (Å²) in [6, 6.07) is 8.53. The maximum absolute atomic E-state index is 5.93. The first kappa shape index (κ1) is 11.7. The van der Waals surface area contributed by atoms with Gasteiger partial charge in [-0.25, -0.2) is 0 Å². The summed E-state index contributed by atoms with van der Waals surface area (Å²) in [5.41, 5.74) is 0.950. The molecule has 2 aromatic rings. The summed E-state index contributed by atoms with van der Waals surface area (Å²) < 4.78 is 5.93. The zero-order valence-electron chi connectivity index (χ0n) is 10.1. The largest absolute Gasteiger partial charge is 0.490 e. The highest BCUT2D eigenvalue weighted by Gasteiger charge is 2.16. The Bertz CT molecular complexity index is 492. The van der Waals surface area contributed by atoms with E-state index in [0.717, 1.165) is 29.5 Å². The van der Waals surface area contributed by atoms with Crippen LogP contribution in [0.5, 0.6) is 5.75 Å². The Balaban J connectivity index is 1.75. The molecule has 1 unspecified atom stereocenters. The van der Waals surface area contributed by atoms with Gasteiger partial charge in [-0.05, 0) is 43.0 Å². The molecule has 1 atom stereocenters. The molecule has 3 nitrogen and oxygen atoms in total. The molecule has 94 valence electrons. The Kier molecular flexibility index (Phi) is 3.57. The van der Waals surface area contributed by atoms with Crippen LogP contribution in [0.25, 0.3) is 10.6 Å². The molecule has 2 aromatic heterocycles. The van der Waals surface area contributed by atoms with Gasteiger partial charge in [-0.2, -0.15) is 0 Å². The Hall–Kier alpha value is -1.39. The number of nitrogens with zero attached hydrogens (tertiary/aromatic N) is 1. The van der Waals surface area contributed by atoms with Crippen LogP contribution >= 0.6 is 11.3 Å². The van der Waals surface area contributed by atoms with Crippen molar-refractivity contribution < 1.29 is 4.74 Å². The van der Waals surface area contributed by atoms with Crippen LogP contribution in [-0.4, -0.2) is 24.2 Å². The first-order valence-corrected chi connectivity index (χ1v) is 7.16. The minimum Gasteiger partial charge on any atom is -0.490 e. The molecule has 1 fully saturated rings. The molecule has 0 aromatic carbocycles. The Labute approximate surface area is 111 Å². The minimum atomic E-state index is 0.487. The highest BCUT2D eigenvalue weighted by atomic mass is 32.1. The molecule has 3 heterocycles. The Morgan fingerprint density at radius 3 is 3.17 bits per heavy atom. The topological polar surface area (TPSA) is 34.1 Å². The number of hydrogen-bond donors (Lipinski definition) is 1. The van der Waals surface area contributed by atoms with Crippen molar-refractivity contribution in [3.8, 4) is 16.3 Å². The van der Waals surface area contributed by atoms with Gasteiger partial charge in [0, 0.05) is 12.2 Å². The van der Waals surface area contributed by atoms with Gasteiger partial charge >= 0.3 is 0 Å². The van der Waals surface area contributed by atoms with Crippen molar-refractivity contribution in [2.24, 2.45) is 0 Å². The van der Waals surface area contributed by atoms with Crippen LogP contribution in [-0.2, 0) is 0 Å². The lowest BCUT2D eigenvalue weighted by Gasteiger charge is -2.13. The van der Waals surface area contributed by atoms with Crippen LogP contribution < -0.4 is 10.1 Å². The molecule has 0 spiro atoms. The fourth-order valence-electron chi connectivity index (χ4n) is 2.19. The average Bonchev–Trinajstić information content (AvgIpc) is 3.10. The van der Waals surface area contributed by atoms with E-state index in [1.54, 1.807) is 11.3 Å². The predicted octanol–water partition coefficient (Wildman–Crippen LogP) is 2.94. The lowest BCUT2D eigenvalue weighted by atomic mass is 10.2.